The van der Waals surface area contributed by atoms with Crippen LogP contribution < -0.4 is 10.6 Å². The molecule has 0 aromatic carbocycles. The summed E-state index contributed by atoms with van der Waals surface area (Å²) in [6.45, 7) is 2.44. The number of hydrogen-bond acceptors (Lipinski definition) is 4. The normalized spacial score (nSPS) is 27.9. The predicted octanol–water partition coefficient (Wildman–Crippen LogP) is 0.948. The summed E-state index contributed by atoms with van der Waals surface area (Å²) in [5, 5.41) is 18.9. The smallest absolute Gasteiger partial charge is 0.307 e. The average Bonchev–Trinajstić information content (AvgIpc) is 3.27. The molecule has 0 radical (unpaired) electrons. The van der Waals surface area contributed by atoms with Crippen LogP contribution in [0.25, 0.3) is 0 Å². The minimum absolute atomic E-state index is 0.0834. The van der Waals surface area contributed by atoms with Crippen LogP contribution in [0.2, 0.25) is 0 Å². The first-order chi connectivity index (χ1) is 11.5. The van der Waals surface area contributed by atoms with Crippen molar-refractivity contribution >= 4 is 23.5 Å². The molecule has 1 heterocycles. The molecular weight excluding hydrogens is 312 g/mol. The number of hydrogen-bond donors (Lipinski definition) is 3. The summed E-state index contributed by atoms with van der Waals surface area (Å²) < 4.78 is 1.57. The fraction of sp³-hybridized carbons (Fsp3) is 0.625. The summed E-state index contributed by atoms with van der Waals surface area (Å²) in [4.78, 5) is 36.2. The van der Waals surface area contributed by atoms with E-state index < -0.39 is 17.8 Å². The number of aliphatic carboxylic acids is 1. The largest absolute Gasteiger partial charge is 0.481 e. The van der Waals surface area contributed by atoms with Crippen LogP contribution in [0.4, 0.5) is 5.69 Å². The van der Waals surface area contributed by atoms with E-state index in [9.17, 15) is 19.5 Å². The number of carbonyl (C=O) groups excluding carboxylic acids is 2. The van der Waals surface area contributed by atoms with Gasteiger partial charge in [-0.2, -0.15) is 5.10 Å². The summed E-state index contributed by atoms with van der Waals surface area (Å²) in [6.07, 6.45) is 4.17. The van der Waals surface area contributed by atoms with Gasteiger partial charge in [0.25, 0.3) is 5.91 Å². The summed E-state index contributed by atoms with van der Waals surface area (Å²) in [5.74, 6) is -2.59. The van der Waals surface area contributed by atoms with Gasteiger partial charge in [0.15, 0.2) is 5.69 Å². The zero-order valence-corrected chi connectivity index (χ0v) is 13.8. The van der Waals surface area contributed by atoms with Gasteiger partial charge in [0, 0.05) is 19.8 Å². The molecule has 2 bridgehead atoms. The third-order valence-corrected chi connectivity index (χ3v) is 5.29. The number of fused-ring (bicyclic) bond motifs is 2. The first-order valence-corrected chi connectivity index (χ1v) is 8.29. The molecule has 1 aromatic heterocycles. The Hall–Kier alpha value is -2.38. The van der Waals surface area contributed by atoms with Gasteiger partial charge in [-0.15, -0.1) is 0 Å². The molecule has 4 atom stereocenters. The zero-order chi connectivity index (χ0) is 17.4. The molecule has 2 saturated carbocycles. The highest BCUT2D eigenvalue weighted by atomic mass is 16.4. The number of rotatable bonds is 5. The topological polar surface area (TPSA) is 113 Å². The van der Waals surface area contributed by atoms with E-state index in [1.807, 2.05) is 6.92 Å². The summed E-state index contributed by atoms with van der Waals surface area (Å²) in [7, 11) is 1.50. The van der Waals surface area contributed by atoms with Crippen molar-refractivity contribution in [3.05, 3.63) is 11.9 Å². The predicted molar refractivity (Wildman–Crippen MR) is 85.4 cm³/mol. The quantitative estimate of drug-likeness (QED) is 0.742. The monoisotopic (exact) mass is 334 g/mol. The van der Waals surface area contributed by atoms with Gasteiger partial charge in [0.1, 0.15) is 0 Å². The molecule has 0 saturated heterocycles. The minimum atomic E-state index is -0.905. The van der Waals surface area contributed by atoms with Gasteiger partial charge in [-0.1, -0.05) is 0 Å². The number of nitrogens with zero attached hydrogens (tertiary/aromatic N) is 2. The van der Waals surface area contributed by atoms with E-state index >= 15 is 0 Å². The summed E-state index contributed by atoms with van der Waals surface area (Å²) in [5.41, 5.74) is 0.468. The van der Waals surface area contributed by atoms with Gasteiger partial charge in [-0.25, -0.2) is 0 Å². The minimum Gasteiger partial charge on any atom is -0.481 e. The highest BCUT2D eigenvalue weighted by Gasteiger charge is 2.54. The standard InChI is InChI=1S/C16H22N4O4/c1-3-20-7-10(13(19-20)15(22)17-2)18-14(21)11-8-4-5-9(6-8)12(11)16(23)24/h7-9,11-12H,3-6H2,1-2H3,(H,17,22)(H,18,21)(H,23,24)/t8-,9-,11+,12-/m0/s1. The molecule has 0 aliphatic heterocycles. The maximum absolute atomic E-state index is 12.7. The van der Waals surface area contributed by atoms with Crippen molar-refractivity contribution in [1.29, 1.82) is 0 Å². The Labute approximate surface area is 139 Å². The molecule has 2 amide bonds. The van der Waals surface area contributed by atoms with Crippen molar-refractivity contribution in [1.82, 2.24) is 15.1 Å². The second-order valence-corrected chi connectivity index (χ2v) is 6.54. The number of anilines is 1. The Morgan fingerprint density at radius 1 is 1.29 bits per heavy atom. The maximum Gasteiger partial charge on any atom is 0.307 e. The Morgan fingerprint density at radius 3 is 2.54 bits per heavy atom. The number of aryl methyl sites for hydroxylation is 1. The number of aromatic nitrogens is 2. The Bertz CT molecular complexity index is 684. The van der Waals surface area contributed by atoms with Gasteiger partial charge in [0.2, 0.25) is 5.91 Å². The molecule has 8 heteroatoms. The molecule has 3 rings (SSSR count). The van der Waals surface area contributed by atoms with Crippen molar-refractivity contribution < 1.29 is 19.5 Å². The van der Waals surface area contributed by atoms with Gasteiger partial charge < -0.3 is 15.7 Å². The van der Waals surface area contributed by atoms with Crippen LogP contribution in [0.5, 0.6) is 0 Å². The van der Waals surface area contributed by atoms with Crippen LogP contribution in [0.15, 0.2) is 6.20 Å². The van der Waals surface area contributed by atoms with Gasteiger partial charge in [0.05, 0.1) is 17.5 Å². The van der Waals surface area contributed by atoms with E-state index in [1.165, 1.54) is 7.05 Å². The van der Waals surface area contributed by atoms with Crippen LogP contribution in [-0.2, 0) is 16.1 Å². The first-order valence-electron chi connectivity index (χ1n) is 8.29. The van der Waals surface area contributed by atoms with Crippen LogP contribution >= 0.6 is 0 Å². The molecule has 2 aliphatic rings. The third kappa shape index (κ3) is 2.65. The van der Waals surface area contributed by atoms with Gasteiger partial charge in [-0.3, -0.25) is 19.1 Å². The maximum atomic E-state index is 12.7. The lowest BCUT2D eigenvalue weighted by Gasteiger charge is -2.26. The molecule has 130 valence electrons. The first kappa shape index (κ1) is 16.5. The molecule has 24 heavy (non-hydrogen) atoms. The van der Waals surface area contributed by atoms with E-state index in [-0.39, 0.29) is 29.3 Å². The lowest BCUT2D eigenvalue weighted by Crippen LogP contribution is -2.38. The lowest BCUT2D eigenvalue weighted by molar-refractivity contribution is -0.148. The van der Waals surface area contributed by atoms with Crippen molar-refractivity contribution in [2.45, 2.75) is 32.7 Å². The molecule has 3 N–H and O–H groups in total. The van der Waals surface area contributed by atoms with E-state index in [0.29, 0.717) is 12.2 Å². The second-order valence-electron chi connectivity index (χ2n) is 6.54. The van der Waals surface area contributed by atoms with Crippen molar-refractivity contribution in [3.8, 4) is 0 Å². The van der Waals surface area contributed by atoms with Crippen molar-refractivity contribution in [2.75, 3.05) is 12.4 Å². The van der Waals surface area contributed by atoms with Gasteiger partial charge in [-0.05, 0) is 38.0 Å². The van der Waals surface area contributed by atoms with Gasteiger partial charge >= 0.3 is 5.97 Å². The van der Waals surface area contributed by atoms with E-state index in [4.69, 9.17) is 0 Å². The number of carboxylic acid groups (broad SMARTS) is 1. The van der Waals surface area contributed by atoms with Crippen molar-refractivity contribution in [3.63, 3.8) is 0 Å². The van der Waals surface area contributed by atoms with Crippen LogP contribution in [0.3, 0.4) is 0 Å². The Morgan fingerprint density at radius 2 is 1.96 bits per heavy atom. The Kier molecular flexibility index (Phi) is 4.29. The molecule has 0 spiro atoms. The number of carboxylic acids is 1. The Balaban J connectivity index is 1.83. The highest BCUT2D eigenvalue weighted by Crippen LogP contribution is 2.52. The zero-order valence-electron chi connectivity index (χ0n) is 13.8. The fourth-order valence-corrected chi connectivity index (χ4v) is 4.20. The SMILES string of the molecule is CCn1cc(NC(=O)[C@@H]2[C@H]3CC[C@@H](C3)[C@@H]2C(=O)O)c(C(=O)NC)n1. The average molecular weight is 334 g/mol. The lowest BCUT2D eigenvalue weighted by atomic mass is 9.78. The van der Waals surface area contributed by atoms with E-state index in [1.54, 1.807) is 10.9 Å². The molecular formula is C16H22N4O4. The third-order valence-electron chi connectivity index (χ3n) is 5.29. The second kappa shape index (κ2) is 6.26. The van der Waals surface area contributed by atoms with Crippen LogP contribution in [-0.4, -0.2) is 39.7 Å². The molecule has 2 aliphatic carbocycles. The van der Waals surface area contributed by atoms with Crippen molar-refractivity contribution in [2.24, 2.45) is 23.7 Å². The number of amides is 2. The number of nitrogens with one attached hydrogen (secondary N) is 2. The highest BCUT2D eigenvalue weighted by molar-refractivity contribution is 6.03. The molecule has 1 aromatic rings. The van der Waals surface area contributed by atoms with Crippen LogP contribution in [0.1, 0.15) is 36.7 Å². The van der Waals surface area contributed by atoms with E-state index in [0.717, 1.165) is 19.3 Å². The van der Waals surface area contributed by atoms with Crippen LogP contribution in [0, 0.1) is 23.7 Å². The van der Waals surface area contributed by atoms with E-state index in [2.05, 4.69) is 15.7 Å². The fourth-order valence-electron chi connectivity index (χ4n) is 4.20. The molecule has 8 nitrogen and oxygen atoms in total. The number of carbonyl (C=O) groups is 3. The molecule has 2 fully saturated rings. The summed E-state index contributed by atoms with van der Waals surface area (Å²) in [6, 6.07) is 0. The summed E-state index contributed by atoms with van der Waals surface area (Å²) >= 11 is 0. The molecule has 0 unspecified atom stereocenters.